The van der Waals surface area contributed by atoms with Crippen LogP contribution < -0.4 is 0 Å². The van der Waals surface area contributed by atoms with Gasteiger partial charge in [0.15, 0.2) is 0 Å². The summed E-state index contributed by atoms with van der Waals surface area (Å²) in [7, 11) is 0. The zero-order valence-corrected chi connectivity index (χ0v) is 18.8. The molecule has 0 aromatic rings. The van der Waals surface area contributed by atoms with Gasteiger partial charge in [-0.1, -0.05) is 88.5 Å². The molecule has 0 aliphatic rings. The van der Waals surface area contributed by atoms with E-state index in [1.165, 1.54) is 51.7 Å². The van der Waals surface area contributed by atoms with Crippen molar-refractivity contribution in [3.05, 3.63) is 0 Å². The van der Waals surface area contributed by atoms with Gasteiger partial charge in [0.25, 0.3) is 0 Å². The Balaban J connectivity index is 4.67. The molecule has 0 N–H and O–H groups in total. The minimum Gasteiger partial charge on any atom is -0.303 e. The average molecular weight is 340 g/mol. The quantitative estimate of drug-likeness (QED) is 0.341. The second-order valence-corrected chi connectivity index (χ2v) is 10.1. The van der Waals surface area contributed by atoms with Crippen molar-refractivity contribution < 1.29 is 0 Å². The molecule has 0 fully saturated rings. The lowest BCUT2D eigenvalue weighted by Crippen LogP contribution is -2.39. The van der Waals surface area contributed by atoms with E-state index in [1.54, 1.807) is 0 Å². The van der Waals surface area contributed by atoms with Gasteiger partial charge < -0.3 is 4.90 Å². The van der Waals surface area contributed by atoms with Crippen molar-refractivity contribution in [1.82, 2.24) is 4.90 Å². The van der Waals surface area contributed by atoms with Gasteiger partial charge in [-0.05, 0) is 48.0 Å². The molecule has 1 nitrogen and oxygen atoms in total. The lowest BCUT2D eigenvalue weighted by Gasteiger charge is -2.38. The van der Waals surface area contributed by atoms with Crippen molar-refractivity contribution in [2.24, 2.45) is 28.6 Å². The molecule has 0 aliphatic carbocycles. The van der Waals surface area contributed by atoms with Crippen LogP contribution in [0.5, 0.6) is 0 Å². The first-order chi connectivity index (χ1) is 11.0. The smallest absolute Gasteiger partial charge is 0.00328 e. The van der Waals surface area contributed by atoms with Crippen LogP contribution in [0.15, 0.2) is 0 Å². The molecule has 0 amide bonds. The van der Waals surface area contributed by atoms with Crippen molar-refractivity contribution in [3.63, 3.8) is 0 Å². The van der Waals surface area contributed by atoms with E-state index >= 15 is 0 Å². The van der Waals surface area contributed by atoms with Crippen LogP contribution in [0.2, 0.25) is 0 Å². The first kappa shape index (κ1) is 24.0. The van der Waals surface area contributed by atoms with E-state index in [0.717, 1.165) is 17.8 Å². The van der Waals surface area contributed by atoms with Gasteiger partial charge >= 0.3 is 0 Å². The van der Waals surface area contributed by atoms with Gasteiger partial charge in [-0.25, -0.2) is 0 Å². The monoisotopic (exact) mass is 339 g/mol. The third-order valence-corrected chi connectivity index (χ3v) is 6.31. The minimum absolute atomic E-state index is 0.417. The fourth-order valence-corrected chi connectivity index (χ4v) is 4.36. The molecule has 0 saturated heterocycles. The van der Waals surface area contributed by atoms with E-state index < -0.39 is 0 Å². The molecule has 3 unspecified atom stereocenters. The summed E-state index contributed by atoms with van der Waals surface area (Å²) in [4.78, 5) is 2.71. The molecule has 3 atom stereocenters. The highest BCUT2D eigenvalue weighted by Gasteiger charge is 2.28. The molecule has 0 heterocycles. The van der Waals surface area contributed by atoms with Crippen LogP contribution in [0.4, 0.5) is 0 Å². The zero-order chi connectivity index (χ0) is 19.0. The molecule has 0 spiro atoms. The Morgan fingerprint density at radius 1 is 0.792 bits per heavy atom. The maximum absolute atomic E-state index is 2.71. The standard InChI is InChI=1S/C23H49N/c1-11-20(6)21(12-2)16-23(9,10)18-24(14-4)17-19(5)15-22(7,8)13-3/h19-21H,11-18H2,1-10H3. The fourth-order valence-electron chi connectivity index (χ4n) is 4.36. The minimum atomic E-state index is 0.417. The molecule has 0 bridgehead atoms. The van der Waals surface area contributed by atoms with E-state index in [0.29, 0.717) is 10.8 Å². The van der Waals surface area contributed by atoms with Crippen LogP contribution in [0, 0.1) is 28.6 Å². The van der Waals surface area contributed by atoms with Crippen LogP contribution in [0.3, 0.4) is 0 Å². The summed E-state index contributed by atoms with van der Waals surface area (Å²) < 4.78 is 0. The molecule has 0 aromatic heterocycles. The Morgan fingerprint density at radius 2 is 1.38 bits per heavy atom. The van der Waals surface area contributed by atoms with Crippen molar-refractivity contribution in [1.29, 1.82) is 0 Å². The predicted octanol–water partition coefficient (Wildman–Crippen LogP) is 7.26. The van der Waals surface area contributed by atoms with E-state index in [1.807, 2.05) is 0 Å². The van der Waals surface area contributed by atoms with Gasteiger partial charge in [0.2, 0.25) is 0 Å². The second kappa shape index (κ2) is 10.8. The van der Waals surface area contributed by atoms with E-state index in [9.17, 15) is 0 Å². The summed E-state index contributed by atoms with van der Waals surface area (Å²) in [6.07, 6.45) is 6.62. The van der Waals surface area contributed by atoms with Crippen LogP contribution in [0.1, 0.15) is 101 Å². The highest BCUT2D eigenvalue weighted by molar-refractivity contribution is 4.80. The summed E-state index contributed by atoms with van der Waals surface area (Å²) in [6, 6.07) is 0. The van der Waals surface area contributed by atoms with Gasteiger partial charge in [0, 0.05) is 13.1 Å². The molecule has 0 rings (SSSR count). The molecule has 0 aromatic carbocycles. The zero-order valence-electron chi connectivity index (χ0n) is 18.8. The van der Waals surface area contributed by atoms with E-state index in [2.05, 4.69) is 74.1 Å². The molecule has 0 radical (unpaired) electrons. The summed E-state index contributed by atoms with van der Waals surface area (Å²) >= 11 is 0. The maximum Gasteiger partial charge on any atom is 0.00328 e. The Bertz CT molecular complexity index is 318. The van der Waals surface area contributed by atoms with Crippen LogP contribution in [-0.4, -0.2) is 24.5 Å². The largest absolute Gasteiger partial charge is 0.303 e. The summed E-state index contributed by atoms with van der Waals surface area (Å²) in [6.45, 7) is 27.8. The van der Waals surface area contributed by atoms with Gasteiger partial charge in [-0.2, -0.15) is 0 Å². The van der Waals surface area contributed by atoms with Gasteiger partial charge in [-0.15, -0.1) is 0 Å². The predicted molar refractivity (Wildman–Crippen MR) is 112 cm³/mol. The highest BCUT2D eigenvalue weighted by Crippen LogP contribution is 2.34. The summed E-state index contributed by atoms with van der Waals surface area (Å²) in [5.41, 5.74) is 0.901. The van der Waals surface area contributed by atoms with Crippen molar-refractivity contribution >= 4 is 0 Å². The normalized spacial score (nSPS) is 17.1. The molecule has 146 valence electrons. The SMILES string of the molecule is CCC(C)C(CC)CC(C)(C)CN(CC)CC(C)CC(C)(C)CC. The van der Waals surface area contributed by atoms with Crippen molar-refractivity contribution in [2.75, 3.05) is 19.6 Å². The summed E-state index contributed by atoms with van der Waals surface area (Å²) in [5, 5.41) is 0. The number of hydrogen-bond acceptors (Lipinski definition) is 1. The molecule has 24 heavy (non-hydrogen) atoms. The molecule has 0 aliphatic heterocycles. The fraction of sp³-hybridized carbons (Fsp3) is 1.00. The first-order valence-corrected chi connectivity index (χ1v) is 10.7. The average Bonchev–Trinajstić information content (AvgIpc) is 2.50. The lowest BCUT2D eigenvalue weighted by molar-refractivity contribution is 0.115. The third kappa shape index (κ3) is 9.44. The van der Waals surface area contributed by atoms with Crippen LogP contribution in [0.25, 0.3) is 0 Å². The second-order valence-electron chi connectivity index (χ2n) is 10.1. The number of rotatable bonds is 13. The lowest BCUT2D eigenvalue weighted by atomic mass is 9.75. The molecular weight excluding hydrogens is 290 g/mol. The topological polar surface area (TPSA) is 3.24 Å². The van der Waals surface area contributed by atoms with Gasteiger partial charge in [0.1, 0.15) is 0 Å². The first-order valence-electron chi connectivity index (χ1n) is 10.7. The number of hydrogen-bond donors (Lipinski definition) is 0. The van der Waals surface area contributed by atoms with Crippen LogP contribution >= 0.6 is 0 Å². The molecular formula is C23H49N. The molecule has 0 saturated carbocycles. The van der Waals surface area contributed by atoms with Gasteiger partial charge in [-0.3, -0.25) is 0 Å². The maximum atomic E-state index is 2.71. The van der Waals surface area contributed by atoms with Gasteiger partial charge in [0.05, 0.1) is 0 Å². The van der Waals surface area contributed by atoms with E-state index in [4.69, 9.17) is 0 Å². The van der Waals surface area contributed by atoms with Crippen molar-refractivity contribution in [3.8, 4) is 0 Å². The Labute approximate surface area is 155 Å². The Morgan fingerprint density at radius 3 is 1.79 bits per heavy atom. The Kier molecular flexibility index (Phi) is 10.8. The Hall–Kier alpha value is -0.0400. The van der Waals surface area contributed by atoms with Crippen LogP contribution in [-0.2, 0) is 0 Å². The highest BCUT2D eigenvalue weighted by atomic mass is 15.1. The molecule has 1 heteroatoms. The van der Waals surface area contributed by atoms with E-state index in [-0.39, 0.29) is 0 Å². The summed E-state index contributed by atoms with van der Waals surface area (Å²) in [5.74, 6) is 2.51. The third-order valence-electron chi connectivity index (χ3n) is 6.31. The van der Waals surface area contributed by atoms with Crippen molar-refractivity contribution in [2.45, 2.75) is 101 Å². The number of nitrogens with zero attached hydrogens (tertiary/aromatic N) is 1.